The van der Waals surface area contributed by atoms with Gasteiger partial charge >= 0.3 is 0 Å². The van der Waals surface area contributed by atoms with E-state index in [1.807, 2.05) is 36.4 Å². The van der Waals surface area contributed by atoms with E-state index >= 15 is 0 Å². The van der Waals surface area contributed by atoms with E-state index in [1.165, 1.54) is 20.3 Å². The van der Waals surface area contributed by atoms with Crippen LogP contribution in [0.4, 0.5) is 5.69 Å². The predicted octanol–water partition coefficient (Wildman–Crippen LogP) is 6.14. The zero-order chi connectivity index (χ0) is 23.8. The molecule has 0 saturated heterocycles. The van der Waals surface area contributed by atoms with Gasteiger partial charge in [0.25, 0.3) is 5.91 Å². The van der Waals surface area contributed by atoms with Crippen LogP contribution in [0.3, 0.4) is 0 Å². The SMILES string of the molecule is COc1cc(/C=C/c2ccc(NC(=O)c3ccc(Br)cc3)cc2)c(/C=C/[N+](=O)[O-])c(OC)c1. The van der Waals surface area contributed by atoms with Crippen molar-refractivity contribution in [3.05, 3.63) is 104 Å². The van der Waals surface area contributed by atoms with Crippen LogP contribution in [0, 0.1) is 10.1 Å². The van der Waals surface area contributed by atoms with Gasteiger partial charge in [-0.05, 0) is 53.6 Å². The van der Waals surface area contributed by atoms with Crippen molar-refractivity contribution in [1.82, 2.24) is 0 Å². The Bertz CT molecular complexity index is 1200. The molecule has 0 heterocycles. The Labute approximate surface area is 199 Å². The van der Waals surface area contributed by atoms with Crippen LogP contribution in [0.2, 0.25) is 0 Å². The Morgan fingerprint density at radius 3 is 2.27 bits per heavy atom. The average Bonchev–Trinajstić information content (AvgIpc) is 2.82. The van der Waals surface area contributed by atoms with Gasteiger partial charge in [-0.25, -0.2) is 0 Å². The molecular formula is C25H21BrN2O5. The molecule has 1 N–H and O–H groups in total. The molecule has 0 atom stereocenters. The number of halogens is 1. The number of hydrogen-bond donors (Lipinski definition) is 1. The average molecular weight is 509 g/mol. The number of ether oxygens (including phenoxy) is 2. The lowest BCUT2D eigenvalue weighted by Crippen LogP contribution is -2.11. The molecule has 0 aliphatic carbocycles. The zero-order valence-corrected chi connectivity index (χ0v) is 19.5. The highest BCUT2D eigenvalue weighted by Gasteiger charge is 2.10. The molecule has 168 valence electrons. The number of carbonyl (C=O) groups is 1. The van der Waals surface area contributed by atoms with Crippen molar-refractivity contribution in [2.45, 2.75) is 0 Å². The van der Waals surface area contributed by atoms with E-state index < -0.39 is 4.92 Å². The van der Waals surface area contributed by atoms with Gasteiger partial charge in [0.2, 0.25) is 6.20 Å². The number of nitrogens with zero attached hydrogens (tertiary/aromatic N) is 1. The standard InChI is InChI=1S/C25H21BrN2O5/c1-32-22-15-19(23(13-14-28(30)31)24(16-22)33-2)6-3-17-4-11-21(12-5-17)27-25(29)18-7-9-20(26)10-8-18/h3-16H,1-2H3,(H,27,29)/b6-3+,14-13+. The molecule has 0 spiro atoms. The third-order valence-corrected chi connectivity index (χ3v) is 5.23. The molecule has 0 bridgehead atoms. The van der Waals surface area contributed by atoms with Crippen LogP contribution in [-0.4, -0.2) is 25.1 Å². The summed E-state index contributed by atoms with van der Waals surface area (Å²) in [5.41, 5.74) is 3.35. The van der Waals surface area contributed by atoms with E-state index in [1.54, 1.807) is 36.4 Å². The molecule has 0 aliphatic heterocycles. The third-order valence-electron chi connectivity index (χ3n) is 4.70. The topological polar surface area (TPSA) is 90.7 Å². The van der Waals surface area contributed by atoms with Crippen LogP contribution in [-0.2, 0) is 0 Å². The Morgan fingerprint density at radius 1 is 0.970 bits per heavy atom. The number of nitro groups is 1. The largest absolute Gasteiger partial charge is 0.497 e. The summed E-state index contributed by atoms with van der Waals surface area (Å²) < 4.78 is 11.6. The van der Waals surface area contributed by atoms with Gasteiger partial charge in [-0.3, -0.25) is 14.9 Å². The second-order valence-electron chi connectivity index (χ2n) is 6.85. The van der Waals surface area contributed by atoms with Gasteiger partial charge in [0.1, 0.15) is 11.5 Å². The number of hydrogen-bond acceptors (Lipinski definition) is 5. The first kappa shape index (κ1) is 23.7. The molecule has 3 rings (SSSR count). The Kier molecular flexibility index (Phi) is 7.99. The van der Waals surface area contributed by atoms with E-state index in [2.05, 4.69) is 21.2 Å². The highest BCUT2D eigenvalue weighted by Crippen LogP contribution is 2.31. The van der Waals surface area contributed by atoms with Crippen LogP contribution in [0.15, 0.2) is 71.3 Å². The fraction of sp³-hybridized carbons (Fsp3) is 0.0800. The lowest BCUT2D eigenvalue weighted by Gasteiger charge is -2.11. The maximum absolute atomic E-state index is 12.4. The molecule has 3 aromatic carbocycles. The van der Waals surface area contributed by atoms with Crippen LogP contribution in [0.5, 0.6) is 11.5 Å². The van der Waals surface area contributed by atoms with E-state index in [9.17, 15) is 14.9 Å². The Hall–Kier alpha value is -3.91. The summed E-state index contributed by atoms with van der Waals surface area (Å²) in [6.07, 6.45) is 5.93. The molecule has 1 amide bonds. The Balaban J connectivity index is 1.81. The molecule has 0 aliphatic rings. The number of nitrogens with one attached hydrogen (secondary N) is 1. The van der Waals surface area contributed by atoms with Crippen molar-refractivity contribution in [2.75, 3.05) is 19.5 Å². The van der Waals surface area contributed by atoms with Crippen molar-refractivity contribution in [1.29, 1.82) is 0 Å². The van der Waals surface area contributed by atoms with Gasteiger partial charge in [-0.15, -0.1) is 0 Å². The highest BCUT2D eigenvalue weighted by atomic mass is 79.9. The van der Waals surface area contributed by atoms with E-state index in [4.69, 9.17) is 9.47 Å². The van der Waals surface area contributed by atoms with Crippen LogP contribution in [0.25, 0.3) is 18.2 Å². The number of methoxy groups -OCH3 is 2. The number of amides is 1. The van der Waals surface area contributed by atoms with Gasteiger partial charge in [0.05, 0.1) is 19.1 Å². The van der Waals surface area contributed by atoms with E-state index in [0.717, 1.165) is 16.2 Å². The third kappa shape index (κ3) is 6.54. The summed E-state index contributed by atoms with van der Waals surface area (Å²) in [6.45, 7) is 0. The van der Waals surface area contributed by atoms with Crippen LogP contribution >= 0.6 is 15.9 Å². The molecule has 0 fully saturated rings. The maximum Gasteiger partial charge on any atom is 0.255 e. The van der Waals surface area contributed by atoms with E-state index in [-0.39, 0.29) is 5.91 Å². The van der Waals surface area contributed by atoms with Gasteiger partial charge in [-0.2, -0.15) is 0 Å². The minimum atomic E-state index is -0.529. The lowest BCUT2D eigenvalue weighted by molar-refractivity contribution is -0.400. The van der Waals surface area contributed by atoms with Crippen LogP contribution in [0.1, 0.15) is 27.0 Å². The van der Waals surface area contributed by atoms with Crippen LogP contribution < -0.4 is 14.8 Å². The molecule has 0 aromatic heterocycles. The summed E-state index contributed by atoms with van der Waals surface area (Å²) in [5, 5.41) is 13.7. The summed E-state index contributed by atoms with van der Waals surface area (Å²) >= 11 is 3.35. The zero-order valence-electron chi connectivity index (χ0n) is 17.9. The summed E-state index contributed by atoms with van der Waals surface area (Å²) in [5.74, 6) is 0.824. The number of rotatable bonds is 8. The molecule has 33 heavy (non-hydrogen) atoms. The van der Waals surface area contributed by atoms with Crippen molar-refractivity contribution in [3.63, 3.8) is 0 Å². The number of benzene rings is 3. The Morgan fingerprint density at radius 2 is 1.67 bits per heavy atom. The fourth-order valence-electron chi connectivity index (χ4n) is 3.03. The van der Waals surface area contributed by atoms with E-state index in [0.29, 0.717) is 33.9 Å². The van der Waals surface area contributed by atoms with Gasteiger partial charge < -0.3 is 14.8 Å². The first-order chi connectivity index (χ1) is 15.9. The molecule has 7 nitrogen and oxygen atoms in total. The van der Waals surface area contributed by atoms with Crippen molar-refractivity contribution in [2.24, 2.45) is 0 Å². The first-order valence-corrected chi connectivity index (χ1v) is 10.6. The minimum absolute atomic E-state index is 0.198. The minimum Gasteiger partial charge on any atom is -0.497 e. The van der Waals surface area contributed by atoms with Crippen molar-refractivity contribution >= 4 is 45.8 Å². The molecule has 0 unspecified atom stereocenters. The van der Waals surface area contributed by atoms with Gasteiger partial charge in [-0.1, -0.05) is 40.2 Å². The lowest BCUT2D eigenvalue weighted by atomic mass is 10.0. The molecule has 3 aromatic rings. The quantitative estimate of drug-likeness (QED) is 0.224. The molecule has 0 radical (unpaired) electrons. The number of anilines is 1. The second-order valence-corrected chi connectivity index (χ2v) is 7.77. The molecular weight excluding hydrogens is 488 g/mol. The summed E-state index contributed by atoms with van der Waals surface area (Å²) in [4.78, 5) is 22.6. The van der Waals surface area contributed by atoms with Crippen molar-refractivity contribution < 1.29 is 19.2 Å². The van der Waals surface area contributed by atoms with Gasteiger partial charge in [0.15, 0.2) is 0 Å². The van der Waals surface area contributed by atoms with Crippen molar-refractivity contribution in [3.8, 4) is 11.5 Å². The summed E-state index contributed by atoms with van der Waals surface area (Å²) in [6, 6.07) is 17.9. The summed E-state index contributed by atoms with van der Waals surface area (Å²) in [7, 11) is 3.03. The first-order valence-electron chi connectivity index (χ1n) is 9.82. The molecule has 8 heteroatoms. The maximum atomic E-state index is 12.4. The highest BCUT2D eigenvalue weighted by molar-refractivity contribution is 9.10. The normalized spacial score (nSPS) is 11.0. The fourth-order valence-corrected chi connectivity index (χ4v) is 3.29. The second kappa shape index (κ2) is 11.1. The number of carbonyl (C=O) groups excluding carboxylic acids is 1. The monoisotopic (exact) mass is 508 g/mol. The smallest absolute Gasteiger partial charge is 0.255 e. The predicted molar refractivity (Wildman–Crippen MR) is 133 cm³/mol. The van der Waals surface area contributed by atoms with Gasteiger partial charge in [0, 0.05) is 33.4 Å². The molecule has 0 saturated carbocycles.